The van der Waals surface area contributed by atoms with Crippen LogP contribution in [-0.4, -0.2) is 17.1 Å². The van der Waals surface area contributed by atoms with Crippen LogP contribution in [0.25, 0.3) is 0 Å². The lowest BCUT2D eigenvalue weighted by Gasteiger charge is -1.95. The van der Waals surface area contributed by atoms with Crippen LogP contribution in [-0.2, 0) is 4.79 Å². The molecule has 0 aliphatic carbocycles. The van der Waals surface area contributed by atoms with E-state index >= 15 is 0 Å². The molecule has 1 aromatic heterocycles. The van der Waals surface area contributed by atoms with Crippen molar-refractivity contribution in [2.45, 2.75) is 6.92 Å². The Hall–Kier alpha value is -1.51. The first-order valence-corrected chi connectivity index (χ1v) is 3.17. The number of pyridine rings is 1. The van der Waals surface area contributed by atoms with Crippen LogP contribution in [0.2, 0.25) is 0 Å². The molecule has 0 unspecified atom stereocenters. The fraction of sp³-hybridized carbons (Fsp3) is 0.125. The van der Waals surface area contributed by atoms with E-state index in [0.717, 1.165) is 5.56 Å². The van der Waals surface area contributed by atoms with Gasteiger partial charge in [-0.2, -0.15) is 0 Å². The summed E-state index contributed by atoms with van der Waals surface area (Å²) in [7, 11) is 0. The third-order valence-electron chi connectivity index (χ3n) is 1.35. The number of hydrogen-bond donors (Lipinski definition) is 0. The van der Waals surface area contributed by atoms with E-state index in [9.17, 15) is 9.59 Å². The quantitative estimate of drug-likeness (QED) is 0.354. The van der Waals surface area contributed by atoms with E-state index in [1.54, 1.807) is 19.1 Å². The summed E-state index contributed by atoms with van der Waals surface area (Å²) in [6.45, 7) is 1.74. The summed E-state index contributed by atoms with van der Waals surface area (Å²) in [6, 6.07) is 3.46. The maximum absolute atomic E-state index is 10.8. The van der Waals surface area contributed by atoms with Crippen LogP contribution < -0.4 is 0 Å². The molecule has 3 nitrogen and oxygen atoms in total. The molecule has 0 amide bonds. The van der Waals surface area contributed by atoms with Crippen molar-refractivity contribution in [3.8, 4) is 0 Å². The molecule has 1 rings (SSSR count). The van der Waals surface area contributed by atoms with Crippen molar-refractivity contribution in [1.82, 2.24) is 4.98 Å². The van der Waals surface area contributed by atoms with Crippen LogP contribution >= 0.6 is 0 Å². The van der Waals surface area contributed by atoms with Crippen LogP contribution in [0.3, 0.4) is 0 Å². The standard InChI is InChI=1S/C8H7NO2/c1-6-3-2-4-9-8(6)7(11)5-10/h2-5H,1H3. The van der Waals surface area contributed by atoms with Crippen molar-refractivity contribution in [1.29, 1.82) is 0 Å². The molecule has 0 radical (unpaired) electrons. The van der Waals surface area contributed by atoms with Gasteiger partial charge in [0.1, 0.15) is 5.69 Å². The number of aryl methyl sites for hydroxylation is 1. The molecule has 0 aliphatic rings. The molecule has 0 saturated carbocycles. The number of carbonyl (C=O) groups is 2. The molecule has 0 fully saturated rings. The molecule has 0 bridgehead atoms. The summed E-state index contributed by atoms with van der Waals surface area (Å²) < 4.78 is 0. The van der Waals surface area contributed by atoms with E-state index in [2.05, 4.69) is 4.98 Å². The van der Waals surface area contributed by atoms with E-state index in [0.29, 0.717) is 0 Å². The molecule has 0 atom stereocenters. The number of Topliss-reactive ketones (excluding diaryl/α,β-unsaturated/α-hetero) is 1. The van der Waals surface area contributed by atoms with E-state index in [4.69, 9.17) is 0 Å². The number of carbonyl (C=O) groups excluding carboxylic acids is 2. The zero-order valence-corrected chi connectivity index (χ0v) is 6.07. The Kier molecular flexibility index (Phi) is 2.11. The van der Waals surface area contributed by atoms with E-state index in [1.165, 1.54) is 6.20 Å². The number of ketones is 1. The number of nitrogens with zero attached hydrogens (tertiary/aromatic N) is 1. The van der Waals surface area contributed by atoms with Crippen LogP contribution in [0.4, 0.5) is 0 Å². The summed E-state index contributed by atoms with van der Waals surface area (Å²) in [6.07, 6.45) is 1.76. The number of aldehydes is 1. The molecule has 0 saturated heterocycles. The highest BCUT2D eigenvalue weighted by molar-refractivity contribution is 6.32. The Labute approximate surface area is 64.1 Å². The molecular weight excluding hydrogens is 142 g/mol. The van der Waals surface area contributed by atoms with Crippen LogP contribution in [0.5, 0.6) is 0 Å². The molecule has 56 valence electrons. The second kappa shape index (κ2) is 3.05. The highest BCUT2D eigenvalue weighted by Gasteiger charge is 2.06. The van der Waals surface area contributed by atoms with Gasteiger partial charge < -0.3 is 0 Å². The van der Waals surface area contributed by atoms with Gasteiger partial charge in [-0.1, -0.05) is 6.07 Å². The van der Waals surface area contributed by atoms with Crippen molar-refractivity contribution >= 4 is 12.1 Å². The second-order valence-electron chi connectivity index (χ2n) is 2.15. The van der Waals surface area contributed by atoms with Gasteiger partial charge in [-0.3, -0.25) is 14.6 Å². The van der Waals surface area contributed by atoms with E-state index in [1.807, 2.05) is 0 Å². The molecule has 0 aromatic carbocycles. The lowest BCUT2D eigenvalue weighted by atomic mass is 10.2. The van der Waals surface area contributed by atoms with Crippen molar-refractivity contribution in [3.63, 3.8) is 0 Å². The first kappa shape index (κ1) is 7.60. The van der Waals surface area contributed by atoms with Gasteiger partial charge in [0.05, 0.1) is 0 Å². The Bertz CT molecular complexity index is 294. The summed E-state index contributed by atoms with van der Waals surface area (Å²) in [5.74, 6) is -0.567. The average Bonchev–Trinajstić information content (AvgIpc) is 2.04. The number of aromatic nitrogens is 1. The maximum Gasteiger partial charge on any atom is 0.243 e. The fourth-order valence-corrected chi connectivity index (χ4v) is 0.799. The SMILES string of the molecule is Cc1cccnc1C(=O)C=O. The van der Waals surface area contributed by atoms with Crippen LogP contribution in [0.1, 0.15) is 16.1 Å². The van der Waals surface area contributed by atoms with Gasteiger partial charge in [-0.25, -0.2) is 0 Å². The summed E-state index contributed by atoms with van der Waals surface area (Å²) in [5.41, 5.74) is 0.965. The van der Waals surface area contributed by atoms with Crippen molar-refractivity contribution in [2.75, 3.05) is 0 Å². The van der Waals surface area contributed by atoms with Gasteiger partial charge in [-0.05, 0) is 18.6 Å². The average molecular weight is 149 g/mol. The summed E-state index contributed by atoms with van der Waals surface area (Å²) in [4.78, 5) is 24.6. The van der Waals surface area contributed by atoms with Crippen molar-refractivity contribution < 1.29 is 9.59 Å². The molecule has 1 heterocycles. The molecular formula is C8H7NO2. The lowest BCUT2D eigenvalue weighted by molar-refractivity contribution is -0.104. The molecule has 0 aliphatic heterocycles. The minimum Gasteiger partial charge on any atom is -0.294 e. The Morgan fingerprint density at radius 2 is 2.36 bits per heavy atom. The van der Waals surface area contributed by atoms with Gasteiger partial charge >= 0.3 is 0 Å². The Morgan fingerprint density at radius 1 is 1.64 bits per heavy atom. The number of rotatable bonds is 2. The summed E-state index contributed by atoms with van der Waals surface area (Å²) in [5, 5.41) is 0. The molecule has 3 heteroatoms. The highest BCUT2D eigenvalue weighted by atomic mass is 16.2. The van der Waals surface area contributed by atoms with Gasteiger partial charge in [0, 0.05) is 6.20 Å². The fourth-order valence-electron chi connectivity index (χ4n) is 0.799. The van der Waals surface area contributed by atoms with Crippen molar-refractivity contribution in [3.05, 3.63) is 29.6 Å². The minimum absolute atomic E-state index is 0.238. The third kappa shape index (κ3) is 1.49. The normalized spacial score (nSPS) is 9.18. The second-order valence-corrected chi connectivity index (χ2v) is 2.15. The van der Waals surface area contributed by atoms with Crippen LogP contribution in [0, 0.1) is 6.92 Å². The first-order valence-electron chi connectivity index (χ1n) is 3.17. The predicted octanol–water partition coefficient (Wildman–Crippen LogP) is 0.772. The molecule has 0 N–H and O–H groups in total. The Morgan fingerprint density at radius 3 is 2.91 bits per heavy atom. The largest absolute Gasteiger partial charge is 0.294 e. The minimum atomic E-state index is -0.567. The van der Waals surface area contributed by atoms with Gasteiger partial charge in [0.2, 0.25) is 5.78 Å². The smallest absolute Gasteiger partial charge is 0.243 e. The maximum atomic E-state index is 10.8. The first-order chi connectivity index (χ1) is 5.25. The highest BCUT2D eigenvalue weighted by Crippen LogP contribution is 2.01. The molecule has 1 aromatic rings. The van der Waals surface area contributed by atoms with E-state index < -0.39 is 5.78 Å². The Balaban J connectivity index is 3.13. The zero-order chi connectivity index (χ0) is 8.27. The summed E-state index contributed by atoms with van der Waals surface area (Å²) >= 11 is 0. The topological polar surface area (TPSA) is 47.0 Å². The monoisotopic (exact) mass is 149 g/mol. The molecule has 11 heavy (non-hydrogen) atoms. The van der Waals surface area contributed by atoms with Crippen LogP contribution in [0.15, 0.2) is 18.3 Å². The lowest BCUT2D eigenvalue weighted by Crippen LogP contribution is -2.04. The zero-order valence-electron chi connectivity index (χ0n) is 6.07. The third-order valence-corrected chi connectivity index (χ3v) is 1.35. The van der Waals surface area contributed by atoms with Gasteiger partial charge in [0.15, 0.2) is 6.29 Å². The van der Waals surface area contributed by atoms with E-state index in [-0.39, 0.29) is 12.0 Å². The van der Waals surface area contributed by atoms with Gasteiger partial charge in [0.25, 0.3) is 0 Å². The van der Waals surface area contributed by atoms with Crippen molar-refractivity contribution in [2.24, 2.45) is 0 Å². The predicted molar refractivity (Wildman–Crippen MR) is 39.4 cm³/mol. The molecule has 0 spiro atoms. The van der Waals surface area contributed by atoms with Gasteiger partial charge in [-0.15, -0.1) is 0 Å². The number of hydrogen-bond acceptors (Lipinski definition) is 3.